The molecule has 1 saturated carbocycles. The standard InChI is InChI=1S/C14H18BrNO/c1-10(11-7-8-11)14(17)16(2)9-12-5-3-4-6-13(12)15/h3-6,10-11H,7-9H2,1-2H3. The van der Waals surface area contributed by atoms with Crippen molar-refractivity contribution in [2.24, 2.45) is 11.8 Å². The molecule has 1 aliphatic rings. The van der Waals surface area contributed by atoms with Crippen LogP contribution in [-0.2, 0) is 11.3 Å². The fourth-order valence-electron chi connectivity index (χ4n) is 2.11. The third-order valence-corrected chi connectivity index (χ3v) is 4.23. The molecule has 3 heteroatoms. The van der Waals surface area contributed by atoms with Crippen LogP contribution in [0.25, 0.3) is 0 Å². The molecule has 1 fully saturated rings. The Kier molecular flexibility index (Phi) is 3.87. The fraction of sp³-hybridized carbons (Fsp3) is 0.500. The van der Waals surface area contributed by atoms with Crippen molar-refractivity contribution in [2.45, 2.75) is 26.3 Å². The van der Waals surface area contributed by atoms with Gasteiger partial charge >= 0.3 is 0 Å². The smallest absolute Gasteiger partial charge is 0.225 e. The molecule has 0 saturated heterocycles. The second kappa shape index (κ2) is 5.21. The summed E-state index contributed by atoms with van der Waals surface area (Å²) in [7, 11) is 1.89. The Morgan fingerprint density at radius 2 is 2.12 bits per heavy atom. The first-order valence-electron chi connectivity index (χ1n) is 6.08. The van der Waals surface area contributed by atoms with Crippen LogP contribution in [0.15, 0.2) is 28.7 Å². The van der Waals surface area contributed by atoms with Gasteiger partial charge in [0.25, 0.3) is 0 Å². The highest BCUT2D eigenvalue weighted by Gasteiger charge is 2.33. The summed E-state index contributed by atoms with van der Waals surface area (Å²) in [6.07, 6.45) is 2.44. The first-order valence-corrected chi connectivity index (χ1v) is 6.87. The molecule has 0 N–H and O–H groups in total. The quantitative estimate of drug-likeness (QED) is 0.833. The lowest BCUT2D eigenvalue weighted by Gasteiger charge is -2.21. The maximum atomic E-state index is 12.2. The Hall–Kier alpha value is -0.830. The van der Waals surface area contributed by atoms with Gasteiger partial charge in [0.05, 0.1) is 0 Å². The highest BCUT2D eigenvalue weighted by atomic mass is 79.9. The lowest BCUT2D eigenvalue weighted by atomic mass is 10.0. The number of nitrogens with zero attached hydrogens (tertiary/aromatic N) is 1. The van der Waals surface area contributed by atoms with Crippen LogP contribution in [0.2, 0.25) is 0 Å². The second-order valence-corrected chi connectivity index (χ2v) is 5.77. The fourth-order valence-corrected chi connectivity index (χ4v) is 2.52. The SMILES string of the molecule is CC(C(=O)N(C)Cc1ccccc1Br)C1CC1. The average Bonchev–Trinajstić information content (AvgIpc) is 3.14. The lowest BCUT2D eigenvalue weighted by Crippen LogP contribution is -2.32. The number of carbonyl (C=O) groups excluding carboxylic acids is 1. The lowest BCUT2D eigenvalue weighted by molar-refractivity contribution is -0.134. The van der Waals surface area contributed by atoms with E-state index in [-0.39, 0.29) is 11.8 Å². The van der Waals surface area contributed by atoms with E-state index in [1.54, 1.807) is 0 Å². The molecule has 2 rings (SSSR count). The first-order chi connectivity index (χ1) is 8.09. The molecule has 0 spiro atoms. The molecule has 1 aliphatic carbocycles. The summed E-state index contributed by atoms with van der Waals surface area (Å²) in [6.45, 7) is 2.73. The van der Waals surface area contributed by atoms with Crippen LogP contribution in [0, 0.1) is 11.8 Å². The Labute approximate surface area is 111 Å². The summed E-state index contributed by atoms with van der Waals surface area (Å²) in [4.78, 5) is 14.0. The Balaban J connectivity index is 1.98. The normalized spacial score (nSPS) is 16.6. The minimum absolute atomic E-state index is 0.183. The Bertz CT molecular complexity index is 414. The van der Waals surface area contributed by atoms with Gasteiger partial charge in [-0.3, -0.25) is 4.79 Å². The summed E-state index contributed by atoms with van der Waals surface area (Å²) >= 11 is 3.51. The van der Waals surface area contributed by atoms with Crippen LogP contribution in [0.4, 0.5) is 0 Å². The van der Waals surface area contributed by atoms with Crippen LogP contribution in [-0.4, -0.2) is 17.9 Å². The van der Waals surface area contributed by atoms with E-state index in [2.05, 4.69) is 28.9 Å². The molecule has 0 heterocycles. The second-order valence-electron chi connectivity index (χ2n) is 4.91. The molecule has 1 aromatic rings. The number of halogens is 1. The zero-order chi connectivity index (χ0) is 12.4. The van der Waals surface area contributed by atoms with Crippen molar-refractivity contribution >= 4 is 21.8 Å². The van der Waals surface area contributed by atoms with Gasteiger partial charge in [0.15, 0.2) is 0 Å². The molecule has 0 aromatic heterocycles. The van der Waals surface area contributed by atoms with Crippen LogP contribution in [0.1, 0.15) is 25.3 Å². The maximum absolute atomic E-state index is 12.2. The molecular weight excluding hydrogens is 278 g/mol. The van der Waals surface area contributed by atoms with E-state index in [0.29, 0.717) is 12.5 Å². The van der Waals surface area contributed by atoms with Crippen LogP contribution >= 0.6 is 15.9 Å². The van der Waals surface area contributed by atoms with Gasteiger partial charge in [-0.2, -0.15) is 0 Å². The van der Waals surface area contributed by atoms with Gasteiger partial charge in [-0.25, -0.2) is 0 Å². The van der Waals surface area contributed by atoms with Crippen LogP contribution in [0.3, 0.4) is 0 Å². The largest absolute Gasteiger partial charge is 0.341 e. The summed E-state index contributed by atoms with van der Waals surface area (Å²) in [5.74, 6) is 1.08. The summed E-state index contributed by atoms with van der Waals surface area (Å²) in [6, 6.07) is 8.05. The first kappa shape index (κ1) is 12.6. The summed E-state index contributed by atoms with van der Waals surface area (Å²) in [5.41, 5.74) is 1.16. The zero-order valence-corrected chi connectivity index (χ0v) is 11.9. The van der Waals surface area contributed by atoms with Gasteiger partial charge in [-0.1, -0.05) is 41.1 Å². The molecule has 1 unspecified atom stereocenters. The number of hydrogen-bond donors (Lipinski definition) is 0. The molecule has 92 valence electrons. The van der Waals surface area contributed by atoms with Gasteiger partial charge in [0, 0.05) is 24.0 Å². The van der Waals surface area contributed by atoms with Gasteiger partial charge in [-0.15, -0.1) is 0 Å². The van der Waals surface area contributed by atoms with E-state index >= 15 is 0 Å². The summed E-state index contributed by atoms with van der Waals surface area (Å²) < 4.78 is 1.07. The van der Waals surface area contributed by atoms with Crippen molar-refractivity contribution in [1.82, 2.24) is 4.90 Å². The van der Waals surface area contributed by atoms with Crippen molar-refractivity contribution in [2.75, 3.05) is 7.05 Å². The number of benzene rings is 1. The molecule has 0 bridgehead atoms. The molecule has 2 nitrogen and oxygen atoms in total. The van der Waals surface area contributed by atoms with Crippen molar-refractivity contribution in [3.63, 3.8) is 0 Å². The third kappa shape index (κ3) is 3.09. The van der Waals surface area contributed by atoms with Crippen LogP contribution in [0.5, 0.6) is 0 Å². The van der Waals surface area contributed by atoms with E-state index in [1.165, 1.54) is 12.8 Å². The molecule has 0 radical (unpaired) electrons. The Morgan fingerprint density at radius 3 is 2.71 bits per heavy atom. The molecule has 1 amide bonds. The predicted octanol–water partition coefficient (Wildman–Crippen LogP) is 3.45. The van der Waals surface area contributed by atoms with Gasteiger partial charge in [0.1, 0.15) is 0 Å². The highest BCUT2D eigenvalue weighted by molar-refractivity contribution is 9.10. The Morgan fingerprint density at radius 1 is 1.47 bits per heavy atom. The average molecular weight is 296 g/mol. The van der Waals surface area contributed by atoms with Crippen molar-refractivity contribution in [1.29, 1.82) is 0 Å². The van der Waals surface area contributed by atoms with Crippen LogP contribution < -0.4 is 0 Å². The summed E-state index contributed by atoms with van der Waals surface area (Å²) in [5, 5.41) is 0. The van der Waals surface area contributed by atoms with Crippen molar-refractivity contribution in [3.8, 4) is 0 Å². The monoisotopic (exact) mass is 295 g/mol. The van der Waals surface area contributed by atoms with Crippen molar-refractivity contribution < 1.29 is 4.79 Å². The van der Waals surface area contributed by atoms with Gasteiger partial charge in [0.2, 0.25) is 5.91 Å². The third-order valence-electron chi connectivity index (χ3n) is 3.46. The molecule has 17 heavy (non-hydrogen) atoms. The maximum Gasteiger partial charge on any atom is 0.225 e. The topological polar surface area (TPSA) is 20.3 Å². The number of amides is 1. The van der Waals surface area contributed by atoms with Gasteiger partial charge < -0.3 is 4.90 Å². The zero-order valence-electron chi connectivity index (χ0n) is 10.3. The molecule has 1 aromatic carbocycles. The van der Waals surface area contributed by atoms with E-state index in [9.17, 15) is 4.79 Å². The molecule has 0 aliphatic heterocycles. The number of hydrogen-bond acceptors (Lipinski definition) is 1. The van der Waals surface area contributed by atoms with E-state index in [1.807, 2.05) is 30.1 Å². The van der Waals surface area contributed by atoms with E-state index < -0.39 is 0 Å². The predicted molar refractivity (Wildman–Crippen MR) is 72.5 cm³/mol. The molecular formula is C14H18BrNO. The van der Waals surface area contributed by atoms with E-state index in [0.717, 1.165) is 10.0 Å². The van der Waals surface area contributed by atoms with Crippen molar-refractivity contribution in [3.05, 3.63) is 34.3 Å². The van der Waals surface area contributed by atoms with Gasteiger partial charge in [-0.05, 0) is 30.4 Å². The minimum Gasteiger partial charge on any atom is -0.341 e. The molecule has 1 atom stereocenters. The number of carbonyl (C=O) groups is 1. The highest BCUT2D eigenvalue weighted by Crippen LogP contribution is 2.37. The minimum atomic E-state index is 0.183. The van der Waals surface area contributed by atoms with E-state index in [4.69, 9.17) is 0 Å². The number of rotatable bonds is 4.